The molecule has 0 aliphatic heterocycles. The number of H-pyrrole nitrogens is 1. The Morgan fingerprint density at radius 3 is 3.27 bits per heavy atom. The van der Waals surface area contributed by atoms with Crippen molar-refractivity contribution in [3.8, 4) is 0 Å². The number of thiophene rings is 1. The topological polar surface area (TPSA) is 71.8 Å². The molecular weight excluding hydrogens is 230 g/mol. The molecule has 15 heavy (non-hydrogen) atoms. The Morgan fingerprint density at radius 1 is 1.73 bits per heavy atom. The van der Waals surface area contributed by atoms with Crippen LogP contribution in [0.4, 0.5) is 0 Å². The Morgan fingerprint density at radius 2 is 2.53 bits per heavy atom. The number of hydrogen-bond donors (Lipinski definition) is 2. The lowest BCUT2D eigenvalue weighted by molar-refractivity contribution is 0.921. The molecule has 0 fully saturated rings. The maximum atomic E-state index is 11.6. The van der Waals surface area contributed by atoms with Gasteiger partial charge in [0.1, 0.15) is 4.83 Å². The van der Waals surface area contributed by atoms with Crippen molar-refractivity contribution >= 4 is 33.3 Å². The summed E-state index contributed by atoms with van der Waals surface area (Å²) in [6, 6.07) is 1.78. The van der Waals surface area contributed by atoms with Crippen LogP contribution in [-0.2, 0) is 0 Å². The summed E-state index contributed by atoms with van der Waals surface area (Å²) in [6.45, 7) is 2.57. The van der Waals surface area contributed by atoms with E-state index in [1.807, 2.05) is 12.3 Å². The normalized spacial score (nSPS) is 13.2. The molecule has 0 bridgehead atoms. The second kappa shape index (κ2) is 4.34. The Kier molecular flexibility index (Phi) is 3.08. The molecule has 0 aliphatic carbocycles. The molecule has 2 aromatic rings. The third-order valence-corrected chi connectivity index (χ3v) is 3.78. The molecule has 0 saturated carbocycles. The third-order valence-electron chi connectivity index (χ3n) is 1.96. The molecule has 6 heteroatoms. The number of aromatic nitrogens is 2. The molecule has 0 aromatic carbocycles. The second-order valence-electron chi connectivity index (χ2n) is 3.17. The van der Waals surface area contributed by atoms with Gasteiger partial charge in [0.2, 0.25) is 0 Å². The summed E-state index contributed by atoms with van der Waals surface area (Å²) in [5, 5.41) is 3.43. The van der Waals surface area contributed by atoms with E-state index in [-0.39, 0.29) is 10.8 Å². The molecule has 3 N–H and O–H groups in total. The van der Waals surface area contributed by atoms with Gasteiger partial charge >= 0.3 is 0 Å². The number of nitrogens with one attached hydrogen (secondary N) is 1. The minimum Gasteiger partial charge on any atom is -0.329 e. The van der Waals surface area contributed by atoms with Crippen molar-refractivity contribution in [3.05, 3.63) is 21.8 Å². The van der Waals surface area contributed by atoms with Crippen molar-refractivity contribution in [2.24, 2.45) is 5.73 Å². The van der Waals surface area contributed by atoms with E-state index in [0.717, 1.165) is 4.83 Å². The average Bonchev–Trinajstić information content (AvgIpc) is 2.66. The first kappa shape index (κ1) is 10.7. The lowest BCUT2D eigenvalue weighted by Crippen LogP contribution is -2.15. The summed E-state index contributed by atoms with van der Waals surface area (Å²) in [4.78, 5) is 19.5. The zero-order valence-corrected chi connectivity index (χ0v) is 9.82. The number of rotatable bonds is 3. The minimum atomic E-state index is -0.0760. The van der Waals surface area contributed by atoms with Crippen LogP contribution in [0.1, 0.15) is 6.92 Å². The Balaban J connectivity index is 2.41. The fourth-order valence-electron chi connectivity index (χ4n) is 1.14. The van der Waals surface area contributed by atoms with Crippen LogP contribution < -0.4 is 11.3 Å². The number of aromatic amines is 1. The molecule has 2 rings (SSSR count). The van der Waals surface area contributed by atoms with Gasteiger partial charge in [-0.25, -0.2) is 4.98 Å². The van der Waals surface area contributed by atoms with Crippen LogP contribution in [0.5, 0.6) is 0 Å². The van der Waals surface area contributed by atoms with Crippen LogP contribution in [0.3, 0.4) is 0 Å². The molecular formula is C9H11N3OS2. The first-order valence-corrected chi connectivity index (χ1v) is 6.31. The van der Waals surface area contributed by atoms with Gasteiger partial charge in [0, 0.05) is 11.8 Å². The number of nitrogens with zero attached hydrogens (tertiary/aromatic N) is 1. The van der Waals surface area contributed by atoms with E-state index < -0.39 is 0 Å². The van der Waals surface area contributed by atoms with E-state index in [0.29, 0.717) is 17.1 Å². The standard InChI is InChI=1S/C9H11N3OS2/c1-5(4-10)15-9-11-7(13)6-2-3-14-8(6)12-9/h2-3,5H,4,10H2,1H3,(H,11,12,13). The molecule has 0 saturated heterocycles. The van der Waals surface area contributed by atoms with Gasteiger partial charge in [-0.3, -0.25) is 4.79 Å². The summed E-state index contributed by atoms with van der Waals surface area (Å²) in [5.74, 6) is 0. The molecule has 0 radical (unpaired) electrons. The summed E-state index contributed by atoms with van der Waals surface area (Å²) >= 11 is 2.97. The van der Waals surface area contributed by atoms with E-state index in [4.69, 9.17) is 5.73 Å². The van der Waals surface area contributed by atoms with Gasteiger partial charge in [0.25, 0.3) is 5.56 Å². The van der Waals surface area contributed by atoms with E-state index in [2.05, 4.69) is 9.97 Å². The highest BCUT2D eigenvalue weighted by Crippen LogP contribution is 2.21. The van der Waals surface area contributed by atoms with Gasteiger partial charge < -0.3 is 10.7 Å². The van der Waals surface area contributed by atoms with Crippen LogP contribution in [0.15, 0.2) is 21.4 Å². The van der Waals surface area contributed by atoms with Gasteiger partial charge in [-0.2, -0.15) is 0 Å². The SMILES string of the molecule is CC(CN)Sc1nc2sccc2c(=O)[nH]1. The fourth-order valence-corrected chi connectivity index (χ4v) is 2.74. The molecule has 0 aliphatic rings. The second-order valence-corrected chi connectivity index (χ2v) is 5.50. The van der Waals surface area contributed by atoms with Gasteiger partial charge in [-0.05, 0) is 11.4 Å². The minimum absolute atomic E-state index is 0.0760. The molecule has 1 unspecified atom stereocenters. The van der Waals surface area contributed by atoms with E-state index in [9.17, 15) is 4.79 Å². The third kappa shape index (κ3) is 2.22. The lowest BCUT2D eigenvalue weighted by Gasteiger charge is -2.06. The van der Waals surface area contributed by atoms with E-state index in [1.54, 1.807) is 6.07 Å². The molecule has 1 atom stereocenters. The predicted molar refractivity (Wildman–Crippen MR) is 64.6 cm³/mol. The fraction of sp³-hybridized carbons (Fsp3) is 0.333. The number of nitrogens with two attached hydrogens (primary N) is 1. The van der Waals surface area contributed by atoms with E-state index in [1.165, 1.54) is 23.1 Å². The first-order chi connectivity index (χ1) is 7.20. The van der Waals surface area contributed by atoms with Crippen molar-refractivity contribution in [2.75, 3.05) is 6.54 Å². The van der Waals surface area contributed by atoms with Crippen LogP contribution in [0.25, 0.3) is 10.2 Å². The number of thioether (sulfide) groups is 1. The van der Waals surface area contributed by atoms with Crippen LogP contribution in [0.2, 0.25) is 0 Å². The summed E-state index contributed by atoms with van der Waals surface area (Å²) in [7, 11) is 0. The van der Waals surface area contributed by atoms with Crippen molar-refractivity contribution in [1.82, 2.24) is 9.97 Å². The summed E-state index contributed by atoms with van der Waals surface area (Å²) in [6.07, 6.45) is 0. The van der Waals surface area contributed by atoms with Gasteiger partial charge in [0.15, 0.2) is 5.16 Å². The highest BCUT2D eigenvalue weighted by Gasteiger charge is 2.08. The predicted octanol–water partition coefficient (Wildman–Crippen LogP) is 1.42. The van der Waals surface area contributed by atoms with Crippen molar-refractivity contribution in [2.45, 2.75) is 17.3 Å². The van der Waals surface area contributed by atoms with Crippen molar-refractivity contribution < 1.29 is 0 Å². The van der Waals surface area contributed by atoms with Crippen molar-refractivity contribution in [1.29, 1.82) is 0 Å². The first-order valence-electron chi connectivity index (χ1n) is 4.55. The number of fused-ring (bicyclic) bond motifs is 1. The highest BCUT2D eigenvalue weighted by atomic mass is 32.2. The van der Waals surface area contributed by atoms with Gasteiger partial charge in [-0.15, -0.1) is 11.3 Å². The Bertz CT molecular complexity index is 519. The van der Waals surface area contributed by atoms with E-state index >= 15 is 0 Å². The summed E-state index contributed by atoms with van der Waals surface area (Å²) < 4.78 is 0. The van der Waals surface area contributed by atoms with Crippen LogP contribution in [0, 0.1) is 0 Å². The summed E-state index contributed by atoms with van der Waals surface area (Å²) in [5.41, 5.74) is 5.44. The zero-order valence-electron chi connectivity index (χ0n) is 8.19. The average molecular weight is 241 g/mol. The molecule has 80 valence electrons. The number of hydrogen-bond acceptors (Lipinski definition) is 5. The smallest absolute Gasteiger partial charge is 0.260 e. The zero-order chi connectivity index (χ0) is 10.8. The molecule has 2 heterocycles. The Labute approximate surface area is 94.9 Å². The van der Waals surface area contributed by atoms with Crippen LogP contribution in [-0.4, -0.2) is 21.8 Å². The highest BCUT2D eigenvalue weighted by molar-refractivity contribution is 7.99. The molecule has 0 spiro atoms. The Hall–Kier alpha value is -0.850. The van der Waals surface area contributed by atoms with Gasteiger partial charge in [0.05, 0.1) is 5.39 Å². The van der Waals surface area contributed by atoms with Crippen molar-refractivity contribution in [3.63, 3.8) is 0 Å². The monoisotopic (exact) mass is 241 g/mol. The molecule has 2 aromatic heterocycles. The van der Waals surface area contributed by atoms with Gasteiger partial charge in [-0.1, -0.05) is 18.7 Å². The maximum Gasteiger partial charge on any atom is 0.260 e. The molecule has 4 nitrogen and oxygen atoms in total. The van der Waals surface area contributed by atoms with Crippen LogP contribution >= 0.6 is 23.1 Å². The lowest BCUT2D eigenvalue weighted by atomic mass is 10.4. The quantitative estimate of drug-likeness (QED) is 0.630. The maximum absolute atomic E-state index is 11.6. The molecule has 0 amide bonds. The largest absolute Gasteiger partial charge is 0.329 e.